The van der Waals surface area contributed by atoms with E-state index in [1.54, 1.807) is 7.11 Å². The fourth-order valence-corrected chi connectivity index (χ4v) is 2.19. The van der Waals surface area contributed by atoms with Crippen LogP contribution in [0.5, 0.6) is 0 Å². The number of anilines is 1. The second kappa shape index (κ2) is 6.16. The van der Waals surface area contributed by atoms with Crippen LogP contribution >= 0.6 is 0 Å². The second-order valence-corrected chi connectivity index (χ2v) is 5.15. The third-order valence-corrected chi connectivity index (χ3v) is 3.33. The van der Waals surface area contributed by atoms with Crippen molar-refractivity contribution in [1.82, 2.24) is 10.3 Å². The lowest BCUT2D eigenvalue weighted by Gasteiger charge is -2.18. The molecule has 4 nitrogen and oxygen atoms in total. The molecule has 1 aliphatic heterocycles. The summed E-state index contributed by atoms with van der Waals surface area (Å²) >= 11 is 0. The Bertz CT molecular complexity index is 381. The van der Waals surface area contributed by atoms with E-state index >= 15 is 0 Å². The summed E-state index contributed by atoms with van der Waals surface area (Å²) in [5.41, 5.74) is 1.29. The fraction of sp³-hybridized carbons (Fsp3) is 0.643. The van der Waals surface area contributed by atoms with Crippen LogP contribution in [0.25, 0.3) is 0 Å². The van der Waals surface area contributed by atoms with Gasteiger partial charge in [0.1, 0.15) is 5.82 Å². The summed E-state index contributed by atoms with van der Waals surface area (Å²) in [5, 5.41) is 3.43. The summed E-state index contributed by atoms with van der Waals surface area (Å²) in [7, 11) is 1.78. The third-order valence-electron chi connectivity index (χ3n) is 3.33. The molecule has 0 saturated carbocycles. The predicted octanol–water partition coefficient (Wildman–Crippen LogP) is 1.80. The van der Waals surface area contributed by atoms with Crippen molar-refractivity contribution >= 4 is 5.82 Å². The van der Waals surface area contributed by atoms with Crippen molar-refractivity contribution in [2.24, 2.45) is 0 Å². The van der Waals surface area contributed by atoms with Gasteiger partial charge in [-0.05, 0) is 24.1 Å². The molecule has 1 aromatic heterocycles. The van der Waals surface area contributed by atoms with E-state index in [-0.39, 0.29) is 0 Å². The van der Waals surface area contributed by atoms with Crippen LogP contribution < -0.4 is 10.2 Å². The zero-order chi connectivity index (χ0) is 13.0. The minimum atomic E-state index is 0.351. The van der Waals surface area contributed by atoms with Crippen molar-refractivity contribution in [2.45, 2.75) is 39.0 Å². The Morgan fingerprint density at radius 3 is 3.06 bits per heavy atom. The maximum Gasteiger partial charge on any atom is 0.128 e. The zero-order valence-corrected chi connectivity index (χ0v) is 11.5. The van der Waals surface area contributed by atoms with Crippen LogP contribution in [0.4, 0.5) is 5.82 Å². The van der Waals surface area contributed by atoms with E-state index in [0.717, 1.165) is 31.9 Å². The average molecular weight is 249 g/mol. The fourth-order valence-electron chi connectivity index (χ4n) is 2.19. The Balaban J connectivity index is 1.99. The molecule has 0 radical (unpaired) electrons. The molecule has 4 heteroatoms. The lowest BCUT2D eigenvalue weighted by molar-refractivity contribution is 0.121. The van der Waals surface area contributed by atoms with Crippen LogP contribution in [0.2, 0.25) is 0 Å². The number of pyridine rings is 1. The number of aromatic nitrogens is 1. The van der Waals surface area contributed by atoms with Crippen molar-refractivity contribution in [3.05, 3.63) is 23.9 Å². The molecule has 1 aromatic rings. The topological polar surface area (TPSA) is 37.4 Å². The molecule has 100 valence electrons. The maximum absolute atomic E-state index is 5.39. The molecule has 0 bridgehead atoms. The van der Waals surface area contributed by atoms with E-state index < -0.39 is 0 Å². The van der Waals surface area contributed by atoms with Crippen molar-refractivity contribution in [3.8, 4) is 0 Å². The summed E-state index contributed by atoms with van der Waals surface area (Å²) in [6.07, 6.45) is 3.34. The Morgan fingerprint density at radius 2 is 2.39 bits per heavy atom. The van der Waals surface area contributed by atoms with E-state index in [0.29, 0.717) is 12.1 Å². The molecular formula is C14H23N3O. The minimum absolute atomic E-state index is 0.351. The molecule has 1 atom stereocenters. The highest BCUT2D eigenvalue weighted by Crippen LogP contribution is 2.20. The van der Waals surface area contributed by atoms with E-state index in [2.05, 4.69) is 41.2 Å². The van der Waals surface area contributed by atoms with Gasteiger partial charge in [-0.2, -0.15) is 0 Å². The first-order valence-electron chi connectivity index (χ1n) is 6.65. The smallest absolute Gasteiger partial charge is 0.128 e. The largest absolute Gasteiger partial charge is 0.380 e. The van der Waals surface area contributed by atoms with Gasteiger partial charge < -0.3 is 15.0 Å². The highest BCUT2D eigenvalue weighted by Gasteiger charge is 2.22. The van der Waals surface area contributed by atoms with Gasteiger partial charge in [0.25, 0.3) is 0 Å². The Labute approximate surface area is 109 Å². The van der Waals surface area contributed by atoms with Crippen molar-refractivity contribution < 1.29 is 4.74 Å². The summed E-state index contributed by atoms with van der Waals surface area (Å²) in [6, 6.07) is 4.75. The number of nitrogens with zero attached hydrogens (tertiary/aromatic N) is 2. The molecule has 1 saturated heterocycles. The number of rotatable bonds is 5. The van der Waals surface area contributed by atoms with Crippen LogP contribution in [0.3, 0.4) is 0 Å². The first kappa shape index (κ1) is 13.3. The van der Waals surface area contributed by atoms with Crippen LogP contribution in [-0.2, 0) is 11.3 Å². The van der Waals surface area contributed by atoms with E-state index in [1.165, 1.54) is 5.56 Å². The molecule has 0 amide bonds. The van der Waals surface area contributed by atoms with Crippen LogP contribution in [-0.4, -0.2) is 37.3 Å². The van der Waals surface area contributed by atoms with Gasteiger partial charge >= 0.3 is 0 Å². The summed E-state index contributed by atoms with van der Waals surface area (Å²) in [6.45, 7) is 7.20. The first-order valence-corrected chi connectivity index (χ1v) is 6.65. The minimum Gasteiger partial charge on any atom is -0.380 e. The van der Waals surface area contributed by atoms with Crippen LogP contribution in [0.15, 0.2) is 18.3 Å². The van der Waals surface area contributed by atoms with Crippen LogP contribution in [0, 0.1) is 0 Å². The Morgan fingerprint density at radius 1 is 1.56 bits per heavy atom. The van der Waals surface area contributed by atoms with Crippen molar-refractivity contribution in [1.29, 1.82) is 0 Å². The summed E-state index contributed by atoms with van der Waals surface area (Å²) in [5.74, 6) is 1.07. The SMILES string of the molecule is COC1CCN(c2cc(CNC(C)C)ccn2)C1. The van der Waals surface area contributed by atoms with Gasteiger partial charge in [-0.3, -0.25) is 0 Å². The molecule has 1 fully saturated rings. The Kier molecular flexibility index (Phi) is 4.55. The molecule has 1 unspecified atom stereocenters. The molecular weight excluding hydrogens is 226 g/mol. The van der Waals surface area contributed by atoms with Crippen molar-refractivity contribution in [2.75, 3.05) is 25.1 Å². The summed E-state index contributed by atoms with van der Waals surface area (Å²) < 4.78 is 5.39. The van der Waals surface area contributed by atoms with E-state index in [4.69, 9.17) is 4.74 Å². The van der Waals surface area contributed by atoms with Gasteiger partial charge in [0.15, 0.2) is 0 Å². The number of hydrogen-bond acceptors (Lipinski definition) is 4. The number of hydrogen-bond donors (Lipinski definition) is 1. The highest BCUT2D eigenvalue weighted by molar-refractivity contribution is 5.42. The molecule has 2 rings (SSSR count). The van der Waals surface area contributed by atoms with E-state index in [1.807, 2.05) is 6.20 Å². The van der Waals surface area contributed by atoms with Gasteiger partial charge in [-0.25, -0.2) is 4.98 Å². The van der Waals surface area contributed by atoms with Gasteiger partial charge in [-0.1, -0.05) is 13.8 Å². The lowest BCUT2D eigenvalue weighted by atomic mass is 10.2. The highest BCUT2D eigenvalue weighted by atomic mass is 16.5. The van der Waals surface area contributed by atoms with Gasteiger partial charge in [0.05, 0.1) is 6.10 Å². The quantitative estimate of drug-likeness (QED) is 0.863. The normalized spacial score (nSPS) is 19.8. The number of ether oxygens (including phenoxy) is 1. The van der Waals surface area contributed by atoms with Gasteiger partial charge in [0, 0.05) is 39.0 Å². The van der Waals surface area contributed by atoms with Crippen molar-refractivity contribution in [3.63, 3.8) is 0 Å². The third kappa shape index (κ3) is 3.43. The molecule has 1 N–H and O–H groups in total. The second-order valence-electron chi connectivity index (χ2n) is 5.15. The molecule has 1 aliphatic rings. The average Bonchev–Trinajstić information content (AvgIpc) is 2.85. The first-order chi connectivity index (χ1) is 8.69. The molecule has 2 heterocycles. The standard InChI is InChI=1S/C14H23N3O/c1-11(2)16-9-12-4-6-15-14(8-12)17-7-5-13(10-17)18-3/h4,6,8,11,13,16H,5,7,9-10H2,1-3H3. The zero-order valence-electron chi connectivity index (χ0n) is 11.5. The molecule has 0 spiro atoms. The monoisotopic (exact) mass is 249 g/mol. The molecule has 0 aliphatic carbocycles. The Hall–Kier alpha value is -1.13. The van der Waals surface area contributed by atoms with E-state index in [9.17, 15) is 0 Å². The lowest BCUT2D eigenvalue weighted by Crippen LogP contribution is -2.24. The van der Waals surface area contributed by atoms with Gasteiger partial charge in [0.2, 0.25) is 0 Å². The van der Waals surface area contributed by atoms with Gasteiger partial charge in [-0.15, -0.1) is 0 Å². The summed E-state index contributed by atoms with van der Waals surface area (Å²) in [4.78, 5) is 6.76. The number of nitrogens with one attached hydrogen (secondary N) is 1. The maximum atomic E-state index is 5.39. The van der Waals surface area contributed by atoms with Crippen LogP contribution in [0.1, 0.15) is 25.8 Å². The molecule has 0 aromatic carbocycles. The molecule has 18 heavy (non-hydrogen) atoms. The predicted molar refractivity (Wildman–Crippen MR) is 73.8 cm³/mol. The number of methoxy groups -OCH3 is 1.